The molecule has 0 fully saturated rings. The molecule has 2 aromatic rings. The average molecular weight is 252 g/mol. The Morgan fingerprint density at radius 2 is 1.74 bits per heavy atom. The second-order valence-corrected chi connectivity index (χ2v) is 4.04. The summed E-state index contributed by atoms with van der Waals surface area (Å²) >= 11 is 0. The topological polar surface area (TPSA) is 26.3 Å². The molecule has 0 radical (unpaired) electrons. The Hall–Kier alpha value is -2.35. The molecule has 0 heterocycles. The highest BCUT2D eigenvalue weighted by molar-refractivity contribution is 6.08. The van der Waals surface area contributed by atoms with Crippen LogP contribution in [0.2, 0.25) is 0 Å². The summed E-state index contributed by atoms with van der Waals surface area (Å²) in [5.41, 5.74) is 1.60. The highest BCUT2D eigenvalue weighted by Crippen LogP contribution is 2.19. The standard InChI is InChI=1S/C17H16O2/c1-2-19-17-11-7-6-10-15(17)16(18)13-12-14-8-4-3-5-9-14/h3-13H,2H2,1H3/b13-12+. The zero-order valence-corrected chi connectivity index (χ0v) is 10.9. The maximum absolute atomic E-state index is 12.1. The number of para-hydroxylation sites is 1. The van der Waals surface area contributed by atoms with Crippen molar-refractivity contribution in [3.8, 4) is 5.75 Å². The maximum atomic E-state index is 12.1. The minimum atomic E-state index is -0.0482. The monoisotopic (exact) mass is 252 g/mol. The van der Waals surface area contributed by atoms with Gasteiger partial charge in [0.05, 0.1) is 12.2 Å². The summed E-state index contributed by atoms with van der Waals surface area (Å²) in [5.74, 6) is 0.584. The van der Waals surface area contributed by atoms with E-state index in [1.807, 2.05) is 61.5 Å². The van der Waals surface area contributed by atoms with E-state index in [0.29, 0.717) is 17.9 Å². The predicted molar refractivity (Wildman–Crippen MR) is 77.4 cm³/mol. The summed E-state index contributed by atoms with van der Waals surface area (Å²) in [4.78, 5) is 12.1. The van der Waals surface area contributed by atoms with E-state index >= 15 is 0 Å². The fraction of sp³-hybridized carbons (Fsp3) is 0.118. The summed E-state index contributed by atoms with van der Waals surface area (Å²) in [5, 5.41) is 0. The lowest BCUT2D eigenvalue weighted by Crippen LogP contribution is -2.01. The number of hydrogen-bond acceptors (Lipinski definition) is 2. The van der Waals surface area contributed by atoms with Crippen LogP contribution in [-0.2, 0) is 0 Å². The molecule has 0 bridgehead atoms. The van der Waals surface area contributed by atoms with Gasteiger partial charge in [-0.05, 0) is 30.7 Å². The van der Waals surface area contributed by atoms with E-state index < -0.39 is 0 Å². The number of benzene rings is 2. The zero-order valence-electron chi connectivity index (χ0n) is 10.9. The van der Waals surface area contributed by atoms with Gasteiger partial charge in [-0.3, -0.25) is 4.79 Å². The van der Waals surface area contributed by atoms with Crippen molar-refractivity contribution in [1.82, 2.24) is 0 Å². The van der Waals surface area contributed by atoms with Gasteiger partial charge in [-0.25, -0.2) is 0 Å². The lowest BCUT2D eigenvalue weighted by Gasteiger charge is -2.06. The molecule has 0 aliphatic heterocycles. The van der Waals surface area contributed by atoms with Crippen molar-refractivity contribution in [2.45, 2.75) is 6.92 Å². The van der Waals surface area contributed by atoms with Crippen LogP contribution in [0.5, 0.6) is 5.75 Å². The molecule has 0 aliphatic rings. The van der Waals surface area contributed by atoms with Crippen LogP contribution in [0.1, 0.15) is 22.8 Å². The van der Waals surface area contributed by atoms with Gasteiger partial charge in [0.25, 0.3) is 0 Å². The van der Waals surface area contributed by atoms with E-state index in [4.69, 9.17) is 4.74 Å². The Bertz CT molecular complexity index is 571. The molecule has 96 valence electrons. The fourth-order valence-corrected chi connectivity index (χ4v) is 1.78. The summed E-state index contributed by atoms with van der Waals surface area (Å²) in [6.07, 6.45) is 3.39. The molecule has 2 nitrogen and oxygen atoms in total. The largest absolute Gasteiger partial charge is 0.493 e. The van der Waals surface area contributed by atoms with E-state index in [0.717, 1.165) is 5.56 Å². The minimum absolute atomic E-state index is 0.0482. The van der Waals surface area contributed by atoms with Crippen LogP contribution in [-0.4, -0.2) is 12.4 Å². The summed E-state index contributed by atoms with van der Waals surface area (Å²) in [6.45, 7) is 2.45. The summed E-state index contributed by atoms with van der Waals surface area (Å²) in [6, 6.07) is 17.0. The Balaban J connectivity index is 2.18. The quantitative estimate of drug-likeness (QED) is 0.594. The second-order valence-electron chi connectivity index (χ2n) is 4.04. The van der Waals surface area contributed by atoms with Crippen molar-refractivity contribution in [1.29, 1.82) is 0 Å². The molecule has 2 aromatic carbocycles. The molecule has 0 spiro atoms. The van der Waals surface area contributed by atoms with Crippen molar-refractivity contribution in [2.75, 3.05) is 6.61 Å². The van der Waals surface area contributed by atoms with Crippen molar-refractivity contribution >= 4 is 11.9 Å². The molecule has 2 rings (SSSR count). The molecule has 0 aliphatic carbocycles. The molecule has 2 heteroatoms. The van der Waals surface area contributed by atoms with Gasteiger partial charge in [-0.15, -0.1) is 0 Å². The first-order chi connectivity index (χ1) is 9.31. The first-order valence-corrected chi connectivity index (χ1v) is 6.30. The predicted octanol–water partition coefficient (Wildman–Crippen LogP) is 3.98. The van der Waals surface area contributed by atoms with Gasteiger partial charge in [0.2, 0.25) is 0 Å². The number of allylic oxidation sites excluding steroid dienone is 1. The molecule has 0 amide bonds. The van der Waals surface area contributed by atoms with Crippen LogP contribution in [0, 0.1) is 0 Å². The summed E-state index contributed by atoms with van der Waals surface area (Å²) in [7, 11) is 0. The van der Waals surface area contributed by atoms with Gasteiger partial charge in [0.15, 0.2) is 5.78 Å². The van der Waals surface area contributed by atoms with E-state index in [1.165, 1.54) is 0 Å². The Morgan fingerprint density at radius 3 is 2.47 bits per heavy atom. The number of ether oxygens (including phenoxy) is 1. The van der Waals surface area contributed by atoms with Gasteiger partial charge in [0, 0.05) is 0 Å². The molecule has 0 atom stereocenters. The first kappa shape index (κ1) is 13.1. The number of ketones is 1. The second kappa shape index (κ2) is 6.55. The van der Waals surface area contributed by atoms with E-state index in [-0.39, 0.29) is 5.78 Å². The van der Waals surface area contributed by atoms with Crippen LogP contribution in [0.25, 0.3) is 6.08 Å². The molecule has 0 N–H and O–H groups in total. The summed E-state index contributed by atoms with van der Waals surface area (Å²) < 4.78 is 5.46. The van der Waals surface area contributed by atoms with Crippen LogP contribution >= 0.6 is 0 Å². The van der Waals surface area contributed by atoms with Crippen molar-refractivity contribution in [2.24, 2.45) is 0 Å². The number of carbonyl (C=O) groups excluding carboxylic acids is 1. The van der Waals surface area contributed by atoms with Crippen molar-refractivity contribution < 1.29 is 9.53 Å². The lowest BCUT2D eigenvalue weighted by molar-refractivity contribution is 0.104. The van der Waals surface area contributed by atoms with E-state index in [2.05, 4.69) is 0 Å². The van der Waals surface area contributed by atoms with Gasteiger partial charge >= 0.3 is 0 Å². The average Bonchev–Trinajstić information content (AvgIpc) is 2.47. The van der Waals surface area contributed by atoms with Crippen LogP contribution < -0.4 is 4.74 Å². The minimum Gasteiger partial charge on any atom is -0.493 e. The van der Waals surface area contributed by atoms with Crippen molar-refractivity contribution in [3.63, 3.8) is 0 Å². The van der Waals surface area contributed by atoms with Crippen LogP contribution in [0.4, 0.5) is 0 Å². The highest BCUT2D eigenvalue weighted by Gasteiger charge is 2.08. The normalized spacial score (nSPS) is 10.6. The lowest BCUT2D eigenvalue weighted by atomic mass is 10.1. The molecule has 0 aromatic heterocycles. The smallest absolute Gasteiger partial charge is 0.189 e. The molecule has 0 saturated heterocycles. The van der Waals surface area contributed by atoms with Gasteiger partial charge in [-0.1, -0.05) is 48.5 Å². The molecule has 0 unspecified atom stereocenters. The Kier molecular flexibility index (Phi) is 4.51. The third-order valence-corrected chi connectivity index (χ3v) is 2.68. The fourth-order valence-electron chi connectivity index (χ4n) is 1.78. The number of hydrogen-bond donors (Lipinski definition) is 0. The molecule has 0 saturated carbocycles. The van der Waals surface area contributed by atoms with E-state index in [9.17, 15) is 4.79 Å². The Labute approximate surface area is 113 Å². The van der Waals surface area contributed by atoms with Crippen LogP contribution in [0.3, 0.4) is 0 Å². The molecular formula is C17H16O2. The Morgan fingerprint density at radius 1 is 1.05 bits per heavy atom. The van der Waals surface area contributed by atoms with Crippen LogP contribution in [0.15, 0.2) is 60.7 Å². The molecule has 19 heavy (non-hydrogen) atoms. The first-order valence-electron chi connectivity index (χ1n) is 6.30. The molecular weight excluding hydrogens is 236 g/mol. The number of carbonyl (C=O) groups is 1. The zero-order chi connectivity index (χ0) is 13.5. The van der Waals surface area contributed by atoms with Gasteiger partial charge in [-0.2, -0.15) is 0 Å². The maximum Gasteiger partial charge on any atom is 0.189 e. The third kappa shape index (κ3) is 3.55. The van der Waals surface area contributed by atoms with E-state index in [1.54, 1.807) is 12.1 Å². The van der Waals surface area contributed by atoms with Gasteiger partial charge in [0.1, 0.15) is 5.75 Å². The number of rotatable bonds is 5. The third-order valence-electron chi connectivity index (χ3n) is 2.68. The SMILES string of the molecule is CCOc1ccccc1C(=O)/C=C/c1ccccc1. The van der Waals surface area contributed by atoms with Crippen molar-refractivity contribution in [3.05, 3.63) is 71.8 Å². The highest BCUT2D eigenvalue weighted by atomic mass is 16.5. The van der Waals surface area contributed by atoms with Gasteiger partial charge < -0.3 is 4.74 Å².